The number of benzene rings is 2. The van der Waals surface area contributed by atoms with Gasteiger partial charge in [0.05, 0.1) is 42.2 Å². The fourth-order valence-corrected chi connectivity index (χ4v) is 3.98. The summed E-state index contributed by atoms with van der Waals surface area (Å²) < 4.78 is 10.9. The number of rotatable bonds is 6. The molecule has 0 aliphatic heterocycles. The summed E-state index contributed by atoms with van der Waals surface area (Å²) in [4.78, 5) is 35.7. The molecule has 4 aromatic rings. The standard InChI is InChI=1S/C23H19N3O4S/c1-29-18-10-11-20-19(13-18)25-23(31-20)26(14-17-5-3-4-12-24-17)21(27)15-6-8-16(9-7-15)22(28)30-2/h3-13H,14H2,1-2H3. The summed E-state index contributed by atoms with van der Waals surface area (Å²) in [6, 6.07) is 17.5. The van der Waals surface area contributed by atoms with Crippen LogP contribution in [0.5, 0.6) is 5.75 Å². The van der Waals surface area contributed by atoms with Crippen molar-refractivity contribution in [2.45, 2.75) is 6.54 Å². The Morgan fingerprint density at radius 2 is 1.77 bits per heavy atom. The van der Waals surface area contributed by atoms with Crippen molar-refractivity contribution in [1.82, 2.24) is 9.97 Å². The molecule has 1 amide bonds. The van der Waals surface area contributed by atoms with Crippen molar-refractivity contribution in [3.8, 4) is 5.75 Å². The van der Waals surface area contributed by atoms with Gasteiger partial charge < -0.3 is 9.47 Å². The van der Waals surface area contributed by atoms with Crippen molar-refractivity contribution in [3.63, 3.8) is 0 Å². The van der Waals surface area contributed by atoms with E-state index < -0.39 is 5.97 Å². The maximum absolute atomic E-state index is 13.4. The molecular formula is C23H19N3O4S. The summed E-state index contributed by atoms with van der Waals surface area (Å²) in [6.07, 6.45) is 1.69. The number of fused-ring (bicyclic) bond motifs is 1. The minimum atomic E-state index is -0.454. The Balaban J connectivity index is 1.72. The second-order valence-corrected chi connectivity index (χ2v) is 7.62. The van der Waals surface area contributed by atoms with Crippen LogP contribution in [0.25, 0.3) is 10.2 Å². The fraction of sp³-hybridized carbons (Fsp3) is 0.130. The highest BCUT2D eigenvalue weighted by Gasteiger charge is 2.23. The van der Waals surface area contributed by atoms with E-state index in [1.165, 1.54) is 18.4 Å². The molecule has 0 bridgehead atoms. The number of esters is 1. The molecule has 0 saturated heterocycles. The molecule has 0 atom stereocenters. The number of amides is 1. The highest BCUT2D eigenvalue weighted by atomic mass is 32.1. The van der Waals surface area contributed by atoms with E-state index in [1.807, 2.05) is 36.4 Å². The van der Waals surface area contributed by atoms with E-state index in [-0.39, 0.29) is 12.5 Å². The van der Waals surface area contributed by atoms with Crippen molar-refractivity contribution in [1.29, 1.82) is 0 Å². The maximum atomic E-state index is 13.4. The number of anilines is 1. The highest BCUT2D eigenvalue weighted by molar-refractivity contribution is 7.22. The number of pyridine rings is 1. The number of hydrogen-bond acceptors (Lipinski definition) is 7. The predicted octanol–water partition coefficient (Wildman–Crippen LogP) is 4.33. The molecule has 0 aliphatic carbocycles. The van der Waals surface area contributed by atoms with E-state index in [0.29, 0.717) is 22.0 Å². The third-order valence-electron chi connectivity index (χ3n) is 4.66. The Hall–Kier alpha value is -3.78. The molecule has 7 nitrogen and oxygen atoms in total. The number of ether oxygens (including phenoxy) is 2. The van der Waals surface area contributed by atoms with Gasteiger partial charge in [0.25, 0.3) is 5.91 Å². The summed E-state index contributed by atoms with van der Waals surface area (Å²) in [6.45, 7) is 0.259. The summed E-state index contributed by atoms with van der Waals surface area (Å²) in [5, 5.41) is 0.552. The number of nitrogens with zero attached hydrogens (tertiary/aromatic N) is 3. The van der Waals surface area contributed by atoms with Gasteiger partial charge in [-0.05, 0) is 48.5 Å². The maximum Gasteiger partial charge on any atom is 0.337 e. The predicted molar refractivity (Wildman–Crippen MR) is 119 cm³/mol. The van der Waals surface area contributed by atoms with Crippen LogP contribution in [0.2, 0.25) is 0 Å². The van der Waals surface area contributed by atoms with Gasteiger partial charge in [-0.25, -0.2) is 9.78 Å². The zero-order valence-corrected chi connectivity index (χ0v) is 17.8. The minimum Gasteiger partial charge on any atom is -0.497 e. The average molecular weight is 433 g/mol. The Bertz CT molecular complexity index is 1220. The fourth-order valence-electron chi connectivity index (χ4n) is 3.04. The molecule has 0 unspecified atom stereocenters. The summed E-state index contributed by atoms with van der Waals surface area (Å²) >= 11 is 1.42. The normalized spacial score (nSPS) is 10.6. The molecule has 0 N–H and O–H groups in total. The van der Waals surface area contributed by atoms with Crippen LogP contribution in [-0.2, 0) is 11.3 Å². The third-order valence-corrected chi connectivity index (χ3v) is 5.72. The lowest BCUT2D eigenvalue weighted by molar-refractivity contribution is 0.0600. The van der Waals surface area contributed by atoms with Crippen LogP contribution >= 0.6 is 11.3 Å². The monoisotopic (exact) mass is 433 g/mol. The smallest absolute Gasteiger partial charge is 0.337 e. The summed E-state index contributed by atoms with van der Waals surface area (Å²) in [7, 11) is 2.92. The lowest BCUT2D eigenvalue weighted by Crippen LogP contribution is -2.30. The molecule has 2 aromatic carbocycles. The summed E-state index contributed by atoms with van der Waals surface area (Å²) in [5.74, 6) is 0.00269. The van der Waals surface area contributed by atoms with Gasteiger partial charge in [0.2, 0.25) is 0 Å². The highest BCUT2D eigenvalue weighted by Crippen LogP contribution is 2.32. The second kappa shape index (κ2) is 8.93. The molecule has 0 aliphatic rings. The Labute approximate surface area is 182 Å². The van der Waals surface area contributed by atoms with Crippen LogP contribution in [0.3, 0.4) is 0 Å². The van der Waals surface area contributed by atoms with Crippen LogP contribution in [0.1, 0.15) is 26.4 Å². The van der Waals surface area contributed by atoms with E-state index in [4.69, 9.17) is 9.47 Å². The largest absolute Gasteiger partial charge is 0.497 e. The SMILES string of the molecule is COC(=O)c1ccc(C(=O)N(Cc2ccccn2)c2nc3cc(OC)ccc3s2)cc1. The Morgan fingerprint density at radius 1 is 1.00 bits per heavy atom. The third kappa shape index (κ3) is 4.39. The van der Waals surface area contributed by atoms with Crippen LogP contribution < -0.4 is 9.64 Å². The average Bonchev–Trinajstić information content (AvgIpc) is 3.25. The van der Waals surface area contributed by atoms with Gasteiger partial charge in [-0.1, -0.05) is 17.4 Å². The van der Waals surface area contributed by atoms with Crippen LogP contribution in [-0.4, -0.2) is 36.1 Å². The van der Waals surface area contributed by atoms with E-state index in [2.05, 4.69) is 9.97 Å². The number of thiazole rings is 1. The molecule has 4 rings (SSSR count). The summed E-state index contributed by atoms with van der Waals surface area (Å²) in [5.41, 5.74) is 2.29. The Kier molecular flexibility index (Phi) is 5.90. The van der Waals surface area contributed by atoms with Crippen molar-refractivity contribution in [2.24, 2.45) is 0 Å². The van der Waals surface area contributed by atoms with Gasteiger partial charge in [0.15, 0.2) is 5.13 Å². The van der Waals surface area contributed by atoms with Crippen molar-refractivity contribution in [3.05, 3.63) is 83.7 Å². The molecule has 0 spiro atoms. The van der Waals surface area contributed by atoms with Crippen LogP contribution in [0.4, 0.5) is 5.13 Å². The van der Waals surface area contributed by atoms with Gasteiger partial charge in [0.1, 0.15) is 5.75 Å². The first kappa shape index (κ1) is 20.5. The zero-order chi connectivity index (χ0) is 21.8. The van der Waals surface area contributed by atoms with E-state index in [1.54, 1.807) is 42.5 Å². The van der Waals surface area contributed by atoms with Gasteiger partial charge in [-0.2, -0.15) is 0 Å². The van der Waals surface area contributed by atoms with Crippen LogP contribution in [0, 0.1) is 0 Å². The molecule has 0 fully saturated rings. The lowest BCUT2D eigenvalue weighted by Gasteiger charge is -2.19. The number of carbonyl (C=O) groups excluding carboxylic acids is 2. The van der Waals surface area contributed by atoms with E-state index in [9.17, 15) is 9.59 Å². The molecule has 31 heavy (non-hydrogen) atoms. The number of methoxy groups -OCH3 is 2. The van der Waals surface area contributed by atoms with Crippen molar-refractivity contribution in [2.75, 3.05) is 19.1 Å². The van der Waals surface area contributed by atoms with Gasteiger partial charge in [-0.3, -0.25) is 14.7 Å². The molecule has 8 heteroatoms. The van der Waals surface area contributed by atoms with Gasteiger partial charge >= 0.3 is 5.97 Å². The zero-order valence-electron chi connectivity index (χ0n) is 16.9. The van der Waals surface area contributed by atoms with Crippen molar-refractivity contribution >= 4 is 38.6 Å². The molecule has 0 saturated carbocycles. The quantitative estimate of drug-likeness (QED) is 0.421. The molecular weight excluding hydrogens is 414 g/mol. The van der Waals surface area contributed by atoms with E-state index >= 15 is 0 Å². The molecule has 2 heterocycles. The first-order valence-electron chi connectivity index (χ1n) is 9.44. The number of carbonyl (C=O) groups is 2. The molecule has 156 valence electrons. The minimum absolute atomic E-state index is 0.243. The Morgan fingerprint density at radius 3 is 2.45 bits per heavy atom. The number of aromatic nitrogens is 2. The molecule has 2 aromatic heterocycles. The number of hydrogen-bond donors (Lipinski definition) is 0. The topological polar surface area (TPSA) is 81.6 Å². The van der Waals surface area contributed by atoms with Gasteiger partial charge in [0, 0.05) is 17.8 Å². The van der Waals surface area contributed by atoms with Gasteiger partial charge in [-0.15, -0.1) is 0 Å². The second-order valence-electron chi connectivity index (χ2n) is 6.61. The first-order chi connectivity index (χ1) is 15.1. The molecule has 0 radical (unpaired) electrons. The van der Waals surface area contributed by atoms with Crippen LogP contribution in [0.15, 0.2) is 66.9 Å². The first-order valence-corrected chi connectivity index (χ1v) is 10.3. The van der Waals surface area contributed by atoms with Crippen molar-refractivity contribution < 1.29 is 19.1 Å². The lowest BCUT2D eigenvalue weighted by atomic mass is 10.1. The van der Waals surface area contributed by atoms with E-state index in [0.717, 1.165) is 15.9 Å².